The Labute approximate surface area is 69.0 Å². The highest BCUT2D eigenvalue weighted by Crippen LogP contribution is 2.18. The maximum Gasteiger partial charge on any atom is 0.325 e. The van der Waals surface area contributed by atoms with Gasteiger partial charge in [-0.2, -0.15) is 0 Å². The largest absolute Gasteiger partial charge is 0.480 e. The van der Waals surface area contributed by atoms with Gasteiger partial charge in [-0.3, -0.25) is 4.79 Å². The maximum atomic E-state index is 10.4. The number of aryl methyl sites for hydroxylation is 1. The van der Waals surface area contributed by atoms with Crippen molar-refractivity contribution in [2.45, 2.75) is 25.8 Å². The Morgan fingerprint density at radius 1 is 1.58 bits per heavy atom. The van der Waals surface area contributed by atoms with Crippen LogP contribution in [0.2, 0.25) is 0 Å². The molecular formula is C7H9N3O2. The highest BCUT2D eigenvalue weighted by molar-refractivity contribution is 5.66. The molecule has 64 valence electrons. The molecule has 0 saturated carbocycles. The third-order valence-electron chi connectivity index (χ3n) is 2.03. The van der Waals surface area contributed by atoms with Gasteiger partial charge in [-0.15, -0.1) is 5.10 Å². The first-order valence-electron chi connectivity index (χ1n) is 3.90. The summed E-state index contributed by atoms with van der Waals surface area (Å²) in [7, 11) is 0. The lowest BCUT2D eigenvalue weighted by atomic mass is 10.3. The number of hydrogen-bond acceptors (Lipinski definition) is 3. The van der Waals surface area contributed by atoms with E-state index >= 15 is 0 Å². The van der Waals surface area contributed by atoms with Crippen LogP contribution in [0, 0.1) is 0 Å². The molecule has 0 aliphatic heterocycles. The van der Waals surface area contributed by atoms with Crippen molar-refractivity contribution in [3.8, 4) is 0 Å². The number of aliphatic carboxylic acids is 1. The number of rotatable bonds is 2. The number of carboxylic acids is 1. The first kappa shape index (κ1) is 7.27. The average molecular weight is 167 g/mol. The zero-order valence-corrected chi connectivity index (χ0v) is 6.53. The van der Waals surface area contributed by atoms with Gasteiger partial charge < -0.3 is 5.11 Å². The van der Waals surface area contributed by atoms with E-state index in [-0.39, 0.29) is 6.54 Å². The number of hydrogen-bond donors (Lipinski definition) is 1. The van der Waals surface area contributed by atoms with Crippen LogP contribution in [0.15, 0.2) is 0 Å². The van der Waals surface area contributed by atoms with Crippen molar-refractivity contribution < 1.29 is 9.90 Å². The SMILES string of the molecule is O=C(O)Cn1nnc2c1CCC2. The van der Waals surface area contributed by atoms with E-state index in [0.717, 1.165) is 30.7 Å². The summed E-state index contributed by atoms with van der Waals surface area (Å²) >= 11 is 0. The molecule has 1 heterocycles. The van der Waals surface area contributed by atoms with E-state index in [1.54, 1.807) is 0 Å². The smallest absolute Gasteiger partial charge is 0.325 e. The van der Waals surface area contributed by atoms with Crippen molar-refractivity contribution in [1.82, 2.24) is 15.0 Å². The van der Waals surface area contributed by atoms with Crippen LogP contribution >= 0.6 is 0 Å². The summed E-state index contributed by atoms with van der Waals surface area (Å²) < 4.78 is 1.48. The zero-order valence-electron chi connectivity index (χ0n) is 6.53. The molecule has 2 rings (SSSR count). The van der Waals surface area contributed by atoms with E-state index in [4.69, 9.17) is 5.11 Å². The molecule has 1 aliphatic rings. The van der Waals surface area contributed by atoms with Gasteiger partial charge in [0, 0.05) is 0 Å². The van der Waals surface area contributed by atoms with Crippen molar-refractivity contribution in [2.24, 2.45) is 0 Å². The third-order valence-corrected chi connectivity index (χ3v) is 2.03. The molecule has 1 aromatic rings. The van der Waals surface area contributed by atoms with Crippen molar-refractivity contribution in [2.75, 3.05) is 0 Å². The lowest BCUT2D eigenvalue weighted by Gasteiger charge is -1.97. The number of nitrogens with zero attached hydrogens (tertiary/aromatic N) is 3. The fourth-order valence-corrected chi connectivity index (χ4v) is 1.51. The van der Waals surface area contributed by atoms with Crippen LogP contribution in [0.3, 0.4) is 0 Å². The minimum Gasteiger partial charge on any atom is -0.480 e. The second-order valence-electron chi connectivity index (χ2n) is 2.89. The van der Waals surface area contributed by atoms with Crippen LogP contribution in [0.4, 0.5) is 0 Å². The van der Waals surface area contributed by atoms with Crippen molar-refractivity contribution in [1.29, 1.82) is 0 Å². The summed E-state index contributed by atoms with van der Waals surface area (Å²) in [5.74, 6) is -0.866. The number of aromatic nitrogens is 3. The predicted molar refractivity (Wildman–Crippen MR) is 39.7 cm³/mol. The molecule has 1 N–H and O–H groups in total. The molecule has 5 heteroatoms. The molecule has 0 fully saturated rings. The van der Waals surface area contributed by atoms with Crippen molar-refractivity contribution in [3.63, 3.8) is 0 Å². The normalized spacial score (nSPS) is 14.7. The predicted octanol–water partition coefficient (Wildman–Crippen LogP) is -0.149. The quantitative estimate of drug-likeness (QED) is 0.665. The molecule has 1 aliphatic carbocycles. The molecule has 0 aromatic carbocycles. The minimum absolute atomic E-state index is 0.0671. The summed E-state index contributed by atoms with van der Waals surface area (Å²) in [6.45, 7) is -0.0671. The number of carboxylic acid groups (broad SMARTS) is 1. The van der Waals surface area contributed by atoms with E-state index in [9.17, 15) is 4.79 Å². The van der Waals surface area contributed by atoms with E-state index in [0.29, 0.717) is 0 Å². The third kappa shape index (κ3) is 1.07. The number of carbonyl (C=O) groups is 1. The van der Waals surface area contributed by atoms with E-state index in [1.807, 2.05) is 0 Å². The fraction of sp³-hybridized carbons (Fsp3) is 0.571. The highest BCUT2D eigenvalue weighted by atomic mass is 16.4. The molecule has 0 radical (unpaired) electrons. The standard InChI is InChI=1S/C7H9N3O2/c11-7(12)4-10-6-3-1-2-5(6)8-9-10/h1-4H2,(H,11,12). The van der Waals surface area contributed by atoms with E-state index in [1.165, 1.54) is 4.68 Å². The Morgan fingerprint density at radius 3 is 3.17 bits per heavy atom. The van der Waals surface area contributed by atoms with Gasteiger partial charge in [-0.25, -0.2) is 4.68 Å². The van der Waals surface area contributed by atoms with Crippen LogP contribution in [0.1, 0.15) is 17.8 Å². The average Bonchev–Trinajstić information content (AvgIpc) is 2.52. The second kappa shape index (κ2) is 2.58. The van der Waals surface area contributed by atoms with Crippen LogP contribution in [0.5, 0.6) is 0 Å². The lowest BCUT2D eigenvalue weighted by molar-refractivity contribution is -0.137. The summed E-state index contributed by atoms with van der Waals surface area (Å²) in [6, 6.07) is 0. The second-order valence-corrected chi connectivity index (χ2v) is 2.89. The van der Waals surface area contributed by atoms with Gasteiger partial charge in [0.1, 0.15) is 6.54 Å². The molecule has 0 amide bonds. The molecule has 0 bridgehead atoms. The Balaban J connectivity index is 2.27. The Bertz CT molecular complexity index is 318. The molecular weight excluding hydrogens is 158 g/mol. The van der Waals surface area contributed by atoms with Gasteiger partial charge in [0.25, 0.3) is 0 Å². The van der Waals surface area contributed by atoms with Crippen LogP contribution in [-0.4, -0.2) is 26.1 Å². The first-order chi connectivity index (χ1) is 5.77. The summed E-state index contributed by atoms with van der Waals surface area (Å²) in [5.41, 5.74) is 1.97. The zero-order chi connectivity index (χ0) is 8.55. The monoisotopic (exact) mass is 167 g/mol. The molecule has 1 aromatic heterocycles. The van der Waals surface area contributed by atoms with Gasteiger partial charge in [-0.1, -0.05) is 5.21 Å². The van der Waals surface area contributed by atoms with Gasteiger partial charge in [0.05, 0.1) is 11.4 Å². The van der Waals surface area contributed by atoms with E-state index in [2.05, 4.69) is 10.3 Å². The van der Waals surface area contributed by atoms with Crippen molar-refractivity contribution >= 4 is 5.97 Å². The Hall–Kier alpha value is -1.39. The topological polar surface area (TPSA) is 68.0 Å². The van der Waals surface area contributed by atoms with Crippen molar-refractivity contribution in [3.05, 3.63) is 11.4 Å². The van der Waals surface area contributed by atoms with Crippen LogP contribution in [-0.2, 0) is 24.2 Å². The van der Waals surface area contributed by atoms with Gasteiger partial charge in [0.15, 0.2) is 0 Å². The van der Waals surface area contributed by atoms with Crippen LogP contribution < -0.4 is 0 Å². The molecule has 0 atom stereocenters. The summed E-state index contributed by atoms with van der Waals surface area (Å²) in [6.07, 6.45) is 2.92. The Morgan fingerprint density at radius 2 is 2.42 bits per heavy atom. The molecule has 5 nitrogen and oxygen atoms in total. The number of fused-ring (bicyclic) bond motifs is 1. The summed E-state index contributed by atoms with van der Waals surface area (Å²) in [5, 5.41) is 16.2. The molecule has 12 heavy (non-hydrogen) atoms. The van der Waals surface area contributed by atoms with Gasteiger partial charge >= 0.3 is 5.97 Å². The van der Waals surface area contributed by atoms with Gasteiger partial charge in [0.2, 0.25) is 0 Å². The summed E-state index contributed by atoms with van der Waals surface area (Å²) in [4.78, 5) is 10.4. The van der Waals surface area contributed by atoms with Crippen LogP contribution in [0.25, 0.3) is 0 Å². The van der Waals surface area contributed by atoms with E-state index < -0.39 is 5.97 Å². The molecule has 0 unspecified atom stereocenters. The molecule has 0 spiro atoms. The Kier molecular flexibility index (Phi) is 1.56. The fourth-order valence-electron chi connectivity index (χ4n) is 1.51. The first-order valence-corrected chi connectivity index (χ1v) is 3.90. The van der Waals surface area contributed by atoms with Gasteiger partial charge in [-0.05, 0) is 19.3 Å². The highest BCUT2D eigenvalue weighted by Gasteiger charge is 2.19. The molecule has 0 saturated heterocycles. The lowest BCUT2D eigenvalue weighted by Crippen LogP contribution is -2.12. The maximum absolute atomic E-state index is 10.4. The minimum atomic E-state index is -0.866.